The lowest BCUT2D eigenvalue weighted by Crippen LogP contribution is -2.23. The van der Waals surface area contributed by atoms with Crippen LogP contribution in [0.15, 0.2) is 49.6 Å². The number of hydrogen-bond donors (Lipinski definition) is 1. The van der Waals surface area contributed by atoms with Gasteiger partial charge in [-0.3, -0.25) is 0 Å². The molecule has 0 unspecified atom stereocenters. The Bertz CT molecular complexity index is 499. The number of aliphatic carboxylic acids is 1. The normalized spacial score (nSPS) is 10.4. The largest absolute Gasteiger partial charge is 0.478 e. The van der Waals surface area contributed by atoms with Gasteiger partial charge in [0.25, 0.3) is 0 Å². The molecule has 0 saturated carbocycles. The number of rotatable bonds is 7. The van der Waals surface area contributed by atoms with Crippen LogP contribution in [0.25, 0.3) is 6.08 Å². The minimum Gasteiger partial charge on any atom is -0.478 e. The monoisotopic (exact) mass is 277 g/mol. The van der Waals surface area contributed by atoms with Crippen molar-refractivity contribution in [3.63, 3.8) is 0 Å². The fraction of sp³-hybridized carbons (Fsp3) is 0.133. The quantitative estimate of drug-likeness (QED) is 0.611. The number of hydrogen-bond acceptors (Lipinski definition) is 2. The predicted molar refractivity (Wildman–Crippen MR) is 80.7 cm³/mol. The summed E-state index contributed by atoms with van der Waals surface area (Å²) in [5.41, 5.74) is 1.64. The maximum Gasteiger partial charge on any atom is 0.328 e. The van der Waals surface area contributed by atoms with Crippen LogP contribution in [0.5, 0.6) is 0 Å². The molecule has 0 amide bonds. The molecule has 3 nitrogen and oxygen atoms in total. The van der Waals surface area contributed by atoms with Crippen molar-refractivity contribution in [2.75, 3.05) is 18.0 Å². The van der Waals surface area contributed by atoms with Gasteiger partial charge in [-0.2, -0.15) is 0 Å². The van der Waals surface area contributed by atoms with E-state index in [2.05, 4.69) is 13.2 Å². The van der Waals surface area contributed by atoms with Gasteiger partial charge in [0.2, 0.25) is 0 Å². The molecule has 19 heavy (non-hydrogen) atoms. The van der Waals surface area contributed by atoms with Crippen molar-refractivity contribution in [2.45, 2.75) is 0 Å². The molecule has 0 heterocycles. The number of carboxylic acid groups (broad SMARTS) is 1. The van der Waals surface area contributed by atoms with Crippen LogP contribution in [-0.4, -0.2) is 24.2 Å². The molecule has 0 atom stereocenters. The molecular weight excluding hydrogens is 262 g/mol. The van der Waals surface area contributed by atoms with Crippen molar-refractivity contribution in [1.82, 2.24) is 0 Å². The molecule has 0 bridgehead atoms. The van der Waals surface area contributed by atoms with E-state index in [4.69, 9.17) is 16.7 Å². The molecule has 0 aliphatic rings. The summed E-state index contributed by atoms with van der Waals surface area (Å²) in [6, 6.07) is 5.36. The third-order valence-corrected chi connectivity index (χ3v) is 2.67. The fourth-order valence-corrected chi connectivity index (χ4v) is 1.87. The van der Waals surface area contributed by atoms with Crippen molar-refractivity contribution >= 4 is 29.3 Å². The summed E-state index contributed by atoms with van der Waals surface area (Å²) in [5, 5.41) is 9.28. The van der Waals surface area contributed by atoms with Gasteiger partial charge in [-0.1, -0.05) is 23.8 Å². The van der Waals surface area contributed by atoms with E-state index in [-0.39, 0.29) is 0 Å². The summed E-state index contributed by atoms with van der Waals surface area (Å²) in [6.45, 7) is 8.71. The molecule has 1 aromatic carbocycles. The van der Waals surface area contributed by atoms with Crippen molar-refractivity contribution in [2.24, 2.45) is 0 Å². The number of halogens is 1. The van der Waals surface area contributed by atoms with Crippen LogP contribution in [0.3, 0.4) is 0 Å². The molecule has 0 saturated heterocycles. The van der Waals surface area contributed by atoms with E-state index in [0.717, 1.165) is 17.3 Å². The molecule has 0 spiro atoms. The van der Waals surface area contributed by atoms with E-state index < -0.39 is 5.97 Å². The van der Waals surface area contributed by atoms with E-state index in [1.54, 1.807) is 24.3 Å². The van der Waals surface area contributed by atoms with Gasteiger partial charge in [-0.25, -0.2) is 4.79 Å². The van der Waals surface area contributed by atoms with E-state index >= 15 is 0 Å². The van der Waals surface area contributed by atoms with E-state index in [1.165, 1.54) is 6.08 Å². The molecule has 0 radical (unpaired) electrons. The fourth-order valence-electron chi connectivity index (χ4n) is 1.69. The zero-order valence-corrected chi connectivity index (χ0v) is 11.3. The summed E-state index contributed by atoms with van der Waals surface area (Å²) < 4.78 is 0. The van der Waals surface area contributed by atoms with E-state index in [0.29, 0.717) is 18.1 Å². The van der Waals surface area contributed by atoms with Gasteiger partial charge in [0.15, 0.2) is 0 Å². The Morgan fingerprint density at radius 1 is 1.32 bits per heavy atom. The molecular formula is C15H16ClNO2. The maximum absolute atomic E-state index is 10.6. The second-order valence-electron chi connectivity index (χ2n) is 3.86. The topological polar surface area (TPSA) is 40.5 Å². The Kier molecular flexibility index (Phi) is 5.90. The van der Waals surface area contributed by atoms with Crippen LogP contribution in [0.1, 0.15) is 5.56 Å². The number of carbonyl (C=O) groups is 1. The molecule has 0 aliphatic heterocycles. The smallest absolute Gasteiger partial charge is 0.328 e. The summed E-state index contributed by atoms with van der Waals surface area (Å²) in [7, 11) is 0. The van der Waals surface area contributed by atoms with Gasteiger partial charge in [0.05, 0.1) is 0 Å². The van der Waals surface area contributed by atoms with Crippen LogP contribution >= 0.6 is 11.6 Å². The van der Waals surface area contributed by atoms with Gasteiger partial charge in [0, 0.05) is 29.9 Å². The van der Waals surface area contributed by atoms with Crippen molar-refractivity contribution < 1.29 is 9.90 Å². The first kappa shape index (κ1) is 15.1. The highest BCUT2D eigenvalue weighted by Gasteiger charge is 2.08. The van der Waals surface area contributed by atoms with Crippen LogP contribution in [0, 0.1) is 0 Å². The number of benzene rings is 1. The Labute approximate surface area is 118 Å². The lowest BCUT2D eigenvalue weighted by Gasteiger charge is -2.23. The van der Waals surface area contributed by atoms with Crippen molar-refractivity contribution in [3.8, 4) is 0 Å². The molecule has 1 aromatic rings. The van der Waals surface area contributed by atoms with Crippen LogP contribution in [0.4, 0.5) is 5.69 Å². The molecule has 0 aliphatic carbocycles. The first-order chi connectivity index (χ1) is 9.08. The summed E-state index contributed by atoms with van der Waals surface area (Å²) in [4.78, 5) is 12.7. The van der Waals surface area contributed by atoms with Gasteiger partial charge in [0.1, 0.15) is 0 Å². The van der Waals surface area contributed by atoms with Crippen LogP contribution in [0.2, 0.25) is 5.02 Å². The van der Waals surface area contributed by atoms with Gasteiger partial charge in [-0.05, 0) is 29.8 Å². The van der Waals surface area contributed by atoms with Crippen molar-refractivity contribution in [3.05, 3.63) is 60.2 Å². The Balaban J connectivity index is 3.19. The molecule has 0 fully saturated rings. The standard InChI is InChI=1S/C15H16ClNO2/c1-3-9-17(10-4-2)14-7-6-13(16)11-12(14)5-8-15(18)19/h3-8,11H,1-2,9-10H2,(H,18,19)/b8-5+. The lowest BCUT2D eigenvalue weighted by atomic mass is 10.1. The third kappa shape index (κ3) is 4.64. The molecule has 1 rings (SSSR count). The van der Waals surface area contributed by atoms with Gasteiger partial charge < -0.3 is 10.0 Å². The van der Waals surface area contributed by atoms with Crippen LogP contribution in [-0.2, 0) is 4.79 Å². The average molecular weight is 278 g/mol. The highest BCUT2D eigenvalue weighted by atomic mass is 35.5. The zero-order chi connectivity index (χ0) is 14.3. The second-order valence-corrected chi connectivity index (χ2v) is 4.29. The van der Waals surface area contributed by atoms with Crippen LogP contribution < -0.4 is 4.90 Å². The predicted octanol–water partition coefficient (Wildman–Crippen LogP) is 3.62. The van der Waals surface area contributed by atoms with Gasteiger partial charge in [-0.15, -0.1) is 13.2 Å². The molecule has 0 aromatic heterocycles. The highest BCUT2D eigenvalue weighted by molar-refractivity contribution is 6.30. The Morgan fingerprint density at radius 3 is 2.47 bits per heavy atom. The minimum absolute atomic E-state index is 0.561. The van der Waals surface area contributed by atoms with Gasteiger partial charge >= 0.3 is 5.97 Å². The maximum atomic E-state index is 10.6. The summed E-state index contributed by atoms with van der Waals surface area (Å²) in [6.07, 6.45) is 6.18. The summed E-state index contributed by atoms with van der Waals surface area (Å²) >= 11 is 5.95. The molecule has 4 heteroatoms. The first-order valence-corrected chi connectivity index (χ1v) is 6.13. The lowest BCUT2D eigenvalue weighted by molar-refractivity contribution is -0.131. The highest BCUT2D eigenvalue weighted by Crippen LogP contribution is 2.25. The van der Waals surface area contributed by atoms with E-state index in [9.17, 15) is 4.79 Å². The number of nitrogens with zero attached hydrogens (tertiary/aromatic N) is 1. The zero-order valence-electron chi connectivity index (χ0n) is 10.6. The van der Waals surface area contributed by atoms with E-state index in [1.807, 2.05) is 11.0 Å². The Hall–Kier alpha value is -2.00. The SMILES string of the molecule is C=CCN(CC=C)c1ccc(Cl)cc1/C=C/C(=O)O. The average Bonchev–Trinajstić information content (AvgIpc) is 2.36. The summed E-state index contributed by atoms with van der Waals surface area (Å²) in [5.74, 6) is -0.995. The Morgan fingerprint density at radius 2 is 1.95 bits per heavy atom. The second kappa shape index (κ2) is 7.44. The number of anilines is 1. The first-order valence-electron chi connectivity index (χ1n) is 5.75. The van der Waals surface area contributed by atoms with Crippen molar-refractivity contribution in [1.29, 1.82) is 0 Å². The third-order valence-electron chi connectivity index (χ3n) is 2.43. The molecule has 100 valence electrons. The number of carboxylic acids is 1. The molecule has 1 N–H and O–H groups in total. The minimum atomic E-state index is -0.995.